The van der Waals surface area contributed by atoms with Crippen LogP contribution in [0, 0.1) is 52.3 Å². The minimum absolute atomic E-state index is 0.0778. The van der Waals surface area contributed by atoms with E-state index in [4.69, 9.17) is 4.55 Å². The number of aliphatic hydroxyl groups excluding tert-OH is 2. The number of hydrogen-bond acceptors (Lipinski definition) is 5. The van der Waals surface area contributed by atoms with Gasteiger partial charge in [0.05, 0.1) is 12.2 Å². The second-order valence-electron chi connectivity index (χ2n) is 13.8. The van der Waals surface area contributed by atoms with Crippen molar-refractivity contribution in [2.45, 2.75) is 116 Å². The summed E-state index contributed by atoms with van der Waals surface area (Å²) in [6, 6.07) is 0. The molecule has 0 aromatic rings. The van der Waals surface area contributed by atoms with Crippen LogP contribution in [0.2, 0.25) is 0 Å². The zero-order valence-corrected chi connectivity index (χ0v) is 24.3. The van der Waals surface area contributed by atoms with Crippen molar-refractivity contribution < 1.29 is 28.0 Å². The minimum atomic E-state index is -4.15. The van der Waals surface area contributed by atoms with E-state index in [1.165, 1.54) is 13.3 Å². The lowest BCUT2D eigenvalue weighted by Gasteiger charge is -2.64. The van der Waals surface area contributed by atoms with Crippen molar-refractivity contribution in [2.24, 2.45) is 52.3 Å². The first-order valence-electron chi connectivity index (χ1n) is 14.8. The van der Waals surface area contributed by atoms with E-state index in [2.05, 4.69) is 33.0 Å². The summed E-state index contributed by atoms with van der Waals surface area (Å²) in [6.07, 6.45) is 8.92. The maximum Gasteiger partial charge on any atom is 0.269 e. The first-order chi connectivity index (χ1) is 17.2. The molecule has 0 spiro atoms. The third kappa shape index (κ3) is 5.26. The van der Waals surface area contributed by atoms with Gasteiger partial charge in [0, 0.05) is 13.0 Å². The van der Waals surface area contributed by atoms with Crippen molar-refractivity contribution in [1.82, 2.24) is 5.32 Å². The van der Waals surface area contributed by atoms with E-state index < -0.39 is 15.4 Å². The molecule has 4 rings (SSSR count). The molecular weight excluding hydrogens is 490 g/mol. The molecule has 0 heterocycles. The molecule has 0 bridgehead atoms. The summed E-state index contributed by atoms with van der Waals surface area (Å²) in [5.41, 5.74) is 0.360. The van der Waals surface area contributed by atoms with Crippen LogP contribution in [-0.4, -0.2) is 53.1 Å². The highest BCUT2D eigenvalue weighted by Crippen LogP contribution is 2.69. The molecule has 1 amide bonds. The lowest BCUT2D eigenvalue weighted by Crippen LogP contribution is -2.62. The molecule has 4 saturated carbocycles. The van der Waals surface area contributed by atoms with E-state index in [1.807, 2.05) is 0 Å². The zero-order chi connectivity index (χ0) is 27.3. The zero-order valence-electron chi connectivity index (χ0n) is 23.5. The summed E-state index contributed by atoms with van der Waals surface area (Å²) in [4.78, 5) is 12.4. The molecule has 4 aliphatic rings. The Morgan fingerprint density at radius 2 is 1.65 bits per heavy atom. The lowest BCUT2D eigenvalue weighted by molar-refractivity contribution is -0.203. The molecule has 4 fully saturated rings. The normalized spacial score (nSPS) is 45.3. The average molecular weight is 542 g/mol. The molecular formula is C29H51NO6S. The van der Waals surface area contributed by atoms with Crippen LogP contribution >= 0.6 is 0 Å². The summed E-state index contributed by atoms with van der Waals surface area (Å²) in [5.74, 6) is 2.71. The van der Waals surface area contributed by atoms with Crippen molar-refractivity contribution >= 4 is 16.0 Å². The smallest absolute Gasteiger partial charge is 0.269 e. The number of carbonyl (C=O) groups excluding carboxylic acids is 1. The van der Waals surface area contributed by atoms with E-state index in [0.29, 0.717) is 41.9 Å². The molecule has 37 heavy (non-hydrogen) atoms. The van der Waals surface area contributed by atoms with Crippen molar-refractivity contribution in [1.29, 1.82) is 0 Å². The SMILES string of the molecule is CCC1C(O)C2C3CCC(C(C)CCC(=O)NCC(C)S(=O)(=O)O)C3(C)CCC2C2(C)CCC(O)CC12. The number of fused-ring (bicyclic) bond motifs is 5. The Labute approximate surface area is 224 Å². The van der Waals surface area contributed by atoms with Crippen molar-refractivity contribution in [2.75, 3.05) is 6.54 Å². The number of rotatable bonds is 8. The number of nitrogens with one attached hydrogen (secondary N) is 1. The molecule has 4 aliphatic carbocycles. The fraction of sp³-hybridized carbons (Fsp3) is 0.966. The van der Waals surface area contributed by atoms with Crippen LogP contribution in [-0.2, 0) is 14.9 Å². The molecule has 0 radical (unpaired) electrons. The Kier molecular flexibility index (Phi) is 8.47. The Bertz CT molecular complexity index is 941. The number of amides is 1. The summed E-state index contributed by atoms with van der Waals surface area (Å²) >= 11 is 0. The topological polar surface area (TPSA) is 124 Å². The van der Waals surface area contributed by atoms with E-state index in [9.17, 15) is 23.4 Å². The monoisotopic (exact) mass is 541 g/mol. The highest BCUT2D eigenvalue weighted by atomic mass is 32.2. The Morgan fingerprint density at radius 1 is 1.00 bits per heavy atom. The Morgan fingerprint density at radius 3 is 2.30 bits per heavy atom. The quantitative estimate of drug-likeness (QED) is 0.337. The highest BCUT2D eigenvalue weighted by Gasteiger charge is 2.64. The fourth-order valence-electron chi connectivity index (χ4n) is 9.94. The van der Waals surface area contributed by atoms with Crippen molar-refractivity contribution in [3.63, 3.8) is 0 Å². The van der Waals surface area contributed by atoms with Crippen LogP contribution in [0.4, 0.5) is 0 Å². The second-order valence-corrected chi connectivity index (χ2v) is 15.6. The Balaban J connectivity index is 1.44. The van der Waals surface area contributed by atoms with Gasteiger partial charge in [0.1, 0.15) is 5.25 Å². The standard InChI is InChI=1S/C29H51NO6S/c1-6-20-24-15-19(31)11-13-29(24,5)23-12-14-28(4)21(8-9-22(28)26(23)27(20)33)17(2)7-10-25(32)30-16-18(3)37(34,35)36/h17-24,26-27,31,33H,6-16H2,1-5H3,(H,30,32)(H,34,35,36). The van der Waals surface area contributed by atoms with Gasteiger partial charge in [0.25, 0.3) is 10.1 Å². The third-order valence-corrected chi connectivity index (χ3v) is 13.3. The van der Waals surface area contributed by atoms with Gasteiger partial charge < -0.3 is 15.5 Å². The molecule has 0 saturated heterocycles. The van der Waals surface area contributed by atoms with Gasteiger partial charge >= 0.3 is 0 Å². The largest absolute Gasteiger partial charge is 0.393 e. The van der Waals surface area contributed by atoms with Gasteiger partial charge in [-0.1, -0.05) is 34.1 Å². The fourth-order valence-corrected chi connectivity index (χ4v) is 10.2. The summed E-state index contributed by atoms with van der Waals surface area (Å²) in [5, 5.41) is 24.0. The maximum atomic E-state index is 12.4. The summed E-state index contributed by atoms with van der Waals surface area (Å²) in [7, 11) is -4.15. The molecule has 4 N–H and O–H groups in total. The predicted molar refractivity (Wildman–Crippen MR) is 144 cm³/mol. The third-order valence-electron chi connectivity index (χ3n) is 12.1. The van der Waals surface area contributed by atoms with Gasteiger partial charge in [-0.25, -0.2) is 0 Å². The number of carbonyl (C=O) groups is 1. The van der Waals surface area contributed by atoms with Crippen LogP contribution in [0.1, 0.15) is 98.8 Å². The van der Waals surface area contributed by atoms with Gasteiger partial charge in [-0.15, -0.1) is 0 Å². The van der Waals surface area contributed by atoms with E-state index in [0.717, 1.165) is 51.4 Å². The van der Waals surface area contributed by atoms with Gasteiger partial charge in [-0.05, 0) is 111 Å². The molecule has 0 aromatic heterocycles. The maximum absolute atomic E-state index is 12.4. The predicted octanol–water partition coefficient (Wildman–Crippen LogP) is 4.42. The van der Waals surface area contributed by atoms with E-state index >= 15 is 0 Å². The van der Waals surface area contributed by atoms with Crippen molar-refractivity contribution in [3.05, 3.63) is 0 Å². The molecule has 214 valence electrons. The van der Waals surface area contributed by atoms with Gasteiger partial charge in [0.15, 0.2) is 0 Å². The van der Waals surface area contributed by atoms with Crippen molar-refractivity contribution in [3.8, 4) is 0 Å². The number of hydrogen-bond donors (Lipinski definition) is 4. The van der Waals surface area contributed by atoms with E-state index in [-0.39, 0.29) is 41.4 Å². The van der Waals surface area contributed by atoms with Crippen LogP contribution < -0.4 is 5.32 Å². The molecule has 0 aromatic carbocycles. The van der Waals surface area contributed by atoms with E-state index in [1.54, 1.807) is 0 Å². The first-order valence-corrected chi connectivity index (χ1v) is 16.3. The van der Waals surface area contributed by atoms with Crippen LogP contribution in [0.15, 0.2) is 0 Å². The van der Waals surface area contributed by atoms with Crippen LogP contribution in [0.5, 0.6) is 0 Å². The lowest BCUT2D eigenvalue weighted by atomic mass is 9.41. The van der Waals surface area contributed by atoms with Gasteiger partial charge in [-0.2, -0.15) is 8.42 Å². The van der Waals surface area contributed by atoms with Gasteiger partial charge in [-0.3, -0.25) is 9.35 Å². The van der Waals surface area contributed by atoms with Crippen LogP contribution in [0.3, 0.4) is 0 Å². The molecule has 12 atom stereocenters. The number of aliphatic hydroxyl groups is 2. The summed E-state index contributed by atoms with van der Waals surface area (Å²) < 4.78 is 31.5. The second kappa shape index (κ2) is 10.7. The highest BCUT2D eigenvalue weighted by molar-refractivity contribution is 7.86. The van der Waals surface area contributed by atoms with Gasteiger partial charge in [0.2, 0.25) is 5.91 Å². The first kappa shape index (κ1) is 29.3. The average Bonchev–Trinajstić information content (AvgIpc) is 3.19. The molecule has 12 unspecified atom stereocenters. The molecule has 8 heteroatoms. The molecule has 0 aliphatic heterocycles. The minimum Gasteiger partial charge on any atom is -0.393 e. The Hall–Kier alpha value is -0.700. The van der Waals surface area contributed by atoms with Crippen LogP contribution in [0.25, 0.3) is 0 Å². The molecule has 7 nitrogen and oxygen atoms in total. The summed E-state index contributed by atoms with van der Waals surface area (Å²) in [6.45, 7) is 10.7.